The summed E-state index contributed by atoms with van der Waals surface area (Å²) in [5.41, 5.74) is 5.00. The molecule has 0 spiro atoms. The molecule has 0 saturated carbocycles. The Labute approximate surface area is 384 Å². The number of aliphatic hydroxyl groups is 1. The second-order valence-electron chi connectivity index (χ2n) is 14.1. The van der Waals surface area contributed by atoms with Gasteiger partial charge < -0.3 is 29.2 Å². The number of carboxylic acids is 1. The van der Waals surface area contributed by atoms with E-state index in [1.807, 2.05) is 0 Å². The van der Waals surface area contributed by atoms with Crippen LogP contribution in [-0.2, 0) is 54.2 Å². The van der Waals surface area contributed by atoms with Crippen LogP contribution in [-0.4, -0.2) is 75.5 Å². The Morgan fingerprint density at radius 3 is 1.24 bits per heavy atom. The monoisotopic (exact) mass is 923 g/mol. The number of thiophene rings is 4. The van der Waals surface area contributed by atoms with Crippen molar-refractivity contribution in [1.29, 1.82) is 5.26 Å². The van der Waals surface area contributed by atoms with Crippen LogP contribution in [0, 0.1) is 11.3 Å². The van der Waals surface area contributed by atoms with Crippen LogP contribution in [0.1, 0.15) is 41.5 Å². The zero-order valence-corrected chi connectivity index (χ0v) is 38.6. The summed E-state index contributed by atoms with van der Waals surface area (Å²) in [4.78, 5) is 21.1. The van der Waals surface area contributed by atoms with Crippen LogP contribution in [0.5, 0.6) is 0 Å². The molecule has 4 heterocycles. The van der Waals surface area contributed by atoms with Gasteiger partial charge in [0.1, 0.15) is 0 Å². The standard InChI is InChI=1S/C14H16O3S.C13H13NOS.C13H14O3S.C10H10OS/c1-16-14(15)5-8-17-7-4-11-2-3-13-12(10-11)6-9-18-13;14-6-1-7-15-8-4-11-2-3-13-12(10-11)5-9-16-13;14-13(15)4-7-16-6-3-10-1-2-12-11(9-10)5-8-17-12;11-5-3-8-1-2-10-9(7-8)4-6-12-10/h2-3,6,9-10H,4-5,7-8H2,1H3;2-3,5,9-10H,1,4,7-8H2;1-2,5,8-9H,3-4,6-7H2,(H,14,15);1-2,4,6-7,11H,3,5H2. The minimum Gasteiger partial charge on any atom is -0.481 e. The quantitative estimate of drug-likeness (QED) is 0.0600. The van der Waals surface area contributed by atoms with Gasteiger partial charge >= 0.3 is 11.9 Å². The third-order valence-corrected chi connectivity index (χ3v) is 13.2. The number of hydrogen-bond donors (Lipinski definition) is 2. The number of rotatable bonds is 19. The summed E-state index contributed by atoms with van der Waals surface area (Å²) in [5, 5.41) is 39.1. The van der Waals surface area contributed by atoms with Crippen molar-refractivity contribution < 1.29 is 38.7 Å². The fraction of sp³-hybridized carbons (Fsp3) is 0.300. The second kappa shape index (κ2) is 27.9. The molecule has 13 heteroatoms. The molecule has 0 aliphatic heterocycles. The number of methoxy groups -OCH3 is 1. The molecule has 4 aromatic heterocycles. The Kier molecular flexibility index (Phi) is 21.7. The lowest BCUT2D eigenvalue weighted by atomic mass is 10.1. The SMILES string of the molecule is COC(=O)CCOCCc1ccc2sccc2c1.N#CCCOCCc1ccc2sccc2c1.O=C(O)CCOCCc1ccc2sccc2c1.OCCc1ccc2sccc2c1. The predicted molar refractivity (Wildman–Crippen MR) is 261 cm³/mol. The molecule has 0 fully saturated rings. The van der Waals surface area contributed by atoms with Crippen molar-refractivity contribution in [2.45, 2.75) is 44.9 Å². The first-order chi connectivity index (χ1) is 30.8. The molecule has 0 saturated heterocycles. The molecule has 8 rings (SSSR count). The highest BCUT2D eigenvalue weighted by molar-refractivity contribution is 7.18. The van der Waals surface area contributed by atoms with Gasteiger partial charge in [0.25, 0.3) is 0 Å². The third kappa shape index (κ3) is 17.6. The number of nitrogens with zero attached hydrogens (tertiary/aromatic N) is 1. The number of esters is 1. The molecule has 0 aliphatic rings. The summed E-state index contributed by atoms with van der Waals surface area (Å²) < 4.78 is 25.8. The lowest BCUT2D eigenvalue weighted by Gasteiger charge is -2.04. The van der Waals surface area contributed by atoms with E-state index in [2.05, 4.69) is 129 Å². The summed E-state index contributed by atoms with van der Waals surface area (Å²) >= 11 is 7.00. The van der Waals surface area contributed by atoms with E-state index in [1.54, 1.807) is 45.3 Å². The molecule has 63 heavy (non-hydrogen) atoms. The number of nitriles is 1. The van der Waals surface area contributed by atoms with Crippen LogP contribution in [0.15, 0.2) is 119 Å². The minimum absolute atomic E-state index is 0.0730. The van der Waals surface area contributed by atoms with Gasteiger partial charge in [0.2, 0.25) is 0 Å². The summed E-state index contributed by atoms with van der Waals surface area (Å²) in [6.07, 6.45) is 4.23. The zero-order chi connectivity index (χ0) is 44.5. The number of benzene rings is 4. The maximum absolute atomic E-state index is 10.9. The highest BCUT2D eigenvalue weighted by Crippen LogP contribution is 2.25. The van der Waals surface area contributed by atoms with Crippen molar-refractivity contribution in [1.82, 2.24) is 0 Å². The Hall–Kier alpha value is -5.01. The average molecular weight is 924 g/mol. The summed E-state index contributed by atoms with van der Waals surface area (Å²) in [5.74, 6) is -1.04. The van der Waals surface area contributed by atoms with E-state index in [-0.39, 0.29) is 25.6 Å². The summed E-state index contributed by atoms with van der Waals surface area (Å²) in [6.45, 7) is 3.38. The van der Waals surface area contributed by atoms with Crippen molar-refractivity contribution >= 4 is 97.6 Å². The average Bonchev–Trinajstić information content (AvgIpc) is 4.14. The predicted octanol–water partition coefficient (Wildman–Crippen LogP) is 11.8. The highest BCUT2D eigenvalue weighted by atomic mass is 32.1. The molecule has 0 radical (unpaired) electrons. The van der Waals surface area contributed by atoms with Crippen LogP contribution in [0.3, 0.4) is 0 Å². The van der Waals surface area contributed by atoms with Gasteiger partial charge in [0.05, 0.1) is 72.1 Å². The Morgan fingerprint density at radius 2 is 0.889 bits per heavy atom. The molecular formula is C50H53NO8S4. The van der Waals surface area contributed by atoms with Gasteiger partial charge in [-0.15, -0.1) is 45.3 Å². The second-order valence-corrected chi connectivity index (χ2v) is 17.9. The van der Waals surface area contributed by atoms with Crippen LogP contribution in [0.4, 0.5) is 0 Å². The number of fused-ring (bicyclic) bond motifs is 4. The number of ether oxygens (including phenoxy) is 4. The zero-order valence-electron chi connectivity index (χ0n) is 35.4. The normalized spacial score (nSPS) is 10.7. The fourth-order valence-electron chi connectivity index (χ4n) is 6.23. The molecule has 9 nitrogen and oxygen atoms in total. The van der Waals surface area contributed by atoms with Crippen molar-refractivity contribution in [2.24, 2.45) is 0 Å². The maximum Gasteiger partial charge on any atom is 0.307 e. The van der Waals surface area contributed by atoms with Crippen molar-refractivity contribution in [2.75, 3.05) is 53.4 Å². The largest absolute Gasteiger partial charge is 0.481 e. The van der Waals surface area contributed by atoms with Gasteiger partial charge in [-0.25, -0.2) is 0 Å². The number of aliphatic carboxylic acids is 1. The fourth-order valence-corrected chi connectivity index (χ4v) is 9.31. The van der Waals surface area contributed by atoms with E-state index < -0.39 is 5.97 Å². The highest BCUT2D eigenvalue weighted by Gasteiger charge is 2.03. The molecule has 0 unspecified atom stereocenters. The van der Waals surface area contributed by atoms with E-state index in [9.17, 15) is 9.59 Å². The van der Waals surface area contributed by atoms with Crippen LogP contribution in [0.2, 0.25) is 0 Å². The van der Waals surface area contributed by atoms with E-state index in [1.165, 1.54) is 69.7 Å². The number of carbonyl (C=O) groups is 2. The van der Waals surface area contributed by atoms with Gasteiger partial charge in [0.15, 0.2) is 0 Å². The van der Waals surface area contributed by atoms with Crippen molar-refractivity contribution in [3.63, 3.8) is 0 Å². The molecule has 2 N–H and O–H groups in total. The Balaban J connectivity index is 0.000000160. The van der Waals surface area contributed by atoms with Gasteiger partial charge in [-0.3, -0.25) is 9.59 Å². The van der Waals surface area contributed by atoms with Crippen LogP contribution in [0.25, 0.3) is 40.3 Å². The third-order valence-electron chi connectivity index (χ3n) is 9.57. The van der Waals surface area contributed by atoms with Gasteiger partial charge in [-0.2, -0.15) is 5.26 Å². The molecule has 8 aromatic rings. The maximum atomic E-state index is 10.9. The number of aliphatic hydroxyl groups excluding tert-OH is 1. The minimum atomic E-state index is -0.815. The first-order valence-electron chi connectivity index (χ1n) is 20.7. The van der Waals surface area contributed by atoms with E-state index in [0.29, 0.717) is 45.9 Å². The van der Waals surface area contributed by atoms with Gasteiger partial charge in [0, 0.05) is 25.4 Å². The van der Waals surface area contributed by atoms with E-state index >= 15 is 0 Å². The first kappa shape index (κ1) is 49.0. The molecule has 0 bridgehead atoms. The Morgan fingerprint density at radius 1 is 0.524 bits per heavy atom. The number of hydrogen-bond acceptors (Lipinski definition) is 12. The first-order valence-corrected chi connectivity index (χ1v) is 24.2. The molecule has 0 atom stereocenters. The lowest BCUT2D eigenvalue weighted by molar-refractivity contribution is -0.142. The van der Waals surface area contributed by atoms with Crippen molar-refractivity contribution in [3.05, 3.63) is 141 Å². The number of carboxylic acid groups (broad SMARTS) is 1. The molecular weight excluding hydrogens is 871 g/mol. The molecule has 0 aliphatic carbocycles. The number of carbonyl (C=O) groups excluding carboxylic acids is 1. The van der Waals surface area contributed by atoms with Crippen LogP contribution >= 0.6 is 45.3 Å². The summed E-state index contributed by atoms with van der Waals surface area (Å²) in [6, 6.07) is 36.2. The van der Waals surface area contributed by atoms with Crippen molar-refractivity contribution in [3.8, 4) is 6.07 Å². The molecule has 0 amide bonds. The van der Waals surface area contributed by atoms with Crippen LogP contribution < -0.4 is 0 Å². The topological polar surface area (TPSA) is 135 Å². The molecule has 330 valence electrons. The molecule has 4 aromatic carbocycles. The Bertz CT molecular complexity index is 2620. The van der Waals surface area contributed by atoms with E-state index in [4.69, 9.17) is 29.7 Å². The van der Waals surface area contributed by atoms with Gasteiger partial charge in [-0.05, 0) is 140 Å². The smallest absolute Gasteiger partial charge is 0.307 e. The van der Waals surface area contributed by atoms with Gasteiger partial charge in [-0.1, -0.05) is 48.5 Å². The lowest BCUT2D eigenvalue weighted by Crippen LogP contribution is -2.07. The van der Waals surface area contributed by atoms with E-state index in [0.717, 1.165) is 25.7 Å². The summed E-state index contributed by atoms with van der Waals surface area (Å²) in [7, 11) is 1.39.